The highest BCUT2D eigenvalue weighted by Gasteiger charge is 2.33. The summed E-state index contributed by atoms with van der Waals surface area (Å²) in [6.45, 7) is 11.9. The molecule has 1 nitrogen and oxygen atoms in total. The maximum absolute atomic E-state index is 3.92. The van der Waals surface area contributed by atoms with E-state index in [1.165, 1.54) is 24.8 Å². The van der Waals surface area contributed by atoms with E-state index in [9.17, 15) is 0 Å². The molecule has 0 heterocycles. The van der Waals surface area contributed by atoms with E-state index in [2.05, 4.69) is 32.7 Å². The average molecular weight is 181 g/mol. The Morgan fingerprint density at radius 2 is 2.23 bits per heavy atom. The first kappa shape index (κ1) is 10.8. The van der Waals surface area contributed by atoms with Gasteiger partial charge in [0, 0.05) is 6.04 Å². The lowest BCUT2D eigenvalue weighted by atomic mass is 9.87. The highest BCUT2D eigenvalue weighted by molar-refractivity contribution is 4.93. The number of rotatable bonds is 4. The fourth-order valence-electron chi connectivity index (χ4n) is 2.16. The Bertz CT molecular complexity index is 182. The Morgan fingerprint density at radius 3 is 2.69 bits per heavy atom. The summed E-state index contributed by atoms with van der Waals surface area (Å²) >= 11 is 0. The van der Waals surface area contributed by atoms with Crippen LogP contribution in [0.5, 0.6) is 0 Å². The SMILES string of the molecule is C=C(C)CCNC1CCCC1(C)C. The van der Waals surface area contributed by atoms with Gasteiger partial charge in [-0.15, -0.1) is 6.58 Å². The predicted octanol–water partition coefficient (Wildman–Crippen LogP) is 3.12. The molecule has 1 heteroatoms. The van der Waals surface area contributed by atoms with Gasteiger partial charge in [-0.3, -0.25) is 0 Å². The summed E-state index contributed by atoms with van der Waals surface area (Å²) in [7, 11) is 0. The van der Waals surface area contributed by atoms with E-state index in [-0.39, 0.29) is 0 Å². The monoisotopic (exact) mass is 181 g/mol. The zero-order valence-electron chi connectivity index (χ0n) is 9.32. The summed E-state index contributed by atoms with van der Waals surface area (Å²) < 4.78 is 0. The highest BCUT2D eigenvalue weighted by atomic mass is 14.9. The fraction of sp³-hybridized carbons (Fsp3) is 0.833. The van der Waals surface area contributed by atoms with Crippen molar-refractivity contribution in [3.8, 4) is 0 Å². The molecule has 1 rings (SSSR count). The van der Waals surface area contributed by atoms with Gasteiger partial charge in [0.05, 0.1) is 0 Å². The van der Waals surface area contributed by atoms with Crippen LogP contribution in [0.1, 0.15) is 46.5 Å². The van der Waals surface area contributed by atoms with Crippen LogP contribution in [0, 0.1) is 5.41 Å². The van der Waals surface area contributed by atoms with Crippen molar-refractivity contribution in [2.24, 2.45) is 5.41 Å². The van der Waals surface area contributed by atoms with E-state index in [4.69, 9.17) is 0 Å². The van der Waals surface area contributed by atoms with Crippen molar-refractivity contribution in [1.82, 2.24) is 5.32 Å². The van der Waals surface area contributed by atoms with Gasteiger partial charge in [0.2, 0.25) is 0 Å². The van der Waals surface area contributed by atoms with Crippen LogP contribution in [-0.4, -0.2) is 12.6 Å². The van der Waals surface area contributed by atoms with Crippen LogP contribution in [0.2, 0.25) is 0 Å². The Balaban J connectivity index is 2.25. The van der Waals surface area contributed by atoms with Crippen molar-refractivity contribution < 1.29 is 0 Å². The molecule has 13 heavy (non-hydrogen) atoms. The molecule has 0 aliphatic heterocycles. The lowest BCUT2D eigenvalue weighted by Crippen LogP contribution is -2.38. The van der Waals surface area contributed by atoms with E-state index in [0.29, 0.717) is 5.41 Å². The molecule has 0 aromatic heterocycles. The molecule has 0 amide bonds. The summed E-state index contributed by atoms with van der Waals surface area (Å²) in [6.07, 6.45) is 5.23. The van der Waals surface area contributed by atoms with Crippen LogP contribution in [0.25, 0.3) is 0 Å². The van der Waals surface area contributed by atoms with Crippen LogP contribution >= 0.6 is 0 Å². The minimum absolute atomic E-state index is 0.509. The maximum Gasteiger partial charge on any atom is 0.0118 e. The largest absolute Gasteiger partial charge is 0.313 e. The van der Waals surface area contributed by atoms with Crippen LogP contribution in [0.3, 0.4) is 0 Å². The molecular weight excluding hydrogens is 158 g/mol. The molecule has 1 N–H and O–H groups in total. The first-order valence-corrected chi connectivity index (χ1v) is 5.40. The third-order valence-corrected chi connectivity index (χ3v) is 3.20. The Hall–Kier alpha value is -0.300. The lowest BCUT2D eigenvalue weighted by molar-refractivity contribution is 0.285. The molecule has 0 aromatic rings. The third kappa shape index (κ3) is 3.15. The van der Waals surface area contributed by atoms with Crippen molar-refractivity contribution >= 4 is 0 Å². The smallest absolute Gasteiger partial charge is 0.0118 e. The molecule has 1 unspecified atom stereocenters. The molecule has 1 fully saturated rings. The Labute approximate surface area is 82.6 Å². The summed E-state index contributed by atoms with van der Waals surface area (Å²) in [5.41, 5.74) is 1.79. The molecule has 76 valence electrons. The van der Waals surface area contributed by atoms with Crippen molar-refractivity contribution in [3.05, 3.63) is 12.2 Å². The molecule has 1 saturated carbocycles. The average Bonchev–Trinajstić information content (AvgIpc) is 2.30. The standard InChI is InChI=1S/C12H23N/c1-10(2)7-9-13-11-6-5-8-12(11,3)4/h11,13H,1,5-9H2,2-4H3. The molecule has 1 atom stereocenters. The second kappa shape index (κ2) is 4.28. The Morgan fingerprint density at radius 1 is 1.54 bits per heavy atom. The first-order chi connectivity index (χ1) is 6.02. The minimum atomic E-state index is 0.509. The van der Waals surface area contributed by atoms with Crippen molar-refractivity contribution in [1.29, 1.82) is 0 Å². The maximum atomic E-state index is 3.92. The van der Waals surface area contributed by atoms with Gasteiger partial charge in [0.25, 0.3) is 0 Å². The lowest BCUT2D eigenvalue weighted by Gasteiger charge is -2.28. The van der Waals surface area contributed by atoms with Gasteiger partial charge < -0.3 is 5.32 Å². The number of hydrogen-bond acceptors (Lipinski definition) is 1. The van der Waals surface area contributed by atoms with Crippen LogP contribution in [0.4, 0.5) is 0 Å². The van der Waals surface area contributed by atoms with E-state index < -0.39 is 0 Å². The van der Waals surface area contributed by atoms with E-state index in [1.807, 2.05) is 0 Å². The highest BCUT2D eigenvalue weighted by Crippen LogP contribution is 2.37. The van der Waals surface area contributed by atoms with Gasteiger partial charge in [0.15, 0.2) is 0 Å². The van der Waals surface area contributed by atoms with Gasteiger partial charge in [0.1, 0.15) is 0 Å². The summed E-state index contributed by atoms with van der Waals surface area (Å²) in [6, 6.07) is 0.729. The van der Waals surface area contributed by atoms with Gasteiger partial charge in [-0.1, -0.05) is 25.8 Å². The summed E-state index contributed by atoms with van der Waals surface area (Å²) in [5, 5.41) is 3.64. The molecule has 1 aliphatic rings. The number of nitrogens with one attached hydrogen (secondary N) is 1. The zero-order chi connectivity index (χ0) is 9.90. The van der Waals surface area contributed by atoms with Crippen molar-refractivity contribution in [2.45, 2.75) is 52.5 Å². The molecular formula is C12H23N. The quantitative estimate of drug-likeness (QED) is 0.657. The topological polar surface area (TPSA) is 12.0 Å². The minimum Gasteiger partial charge on any atom is -0.313 e. The van der Waals surface area contributed by atoms with Gasteiger partial charge in [-0.2, -0.15) is 0 Å². The van der Waals surface area contributed by atoms with Gasteiger partial charge in [-0.05, 0) is 38.1 Å². The summed E-state index contributed by atoms with van der Waals surface area (Å²) in [5.74, 6) is 0. The van der Waals surface area contributed by atoms with E-state index >= 15 is 0 Å². The molecule has 0 spiro atoms. The Kier molecular flexibility index (Phi) is 3.55. The third-order valence-electron chi connectivity index (χ3n) is 3.20. The molecule has 0 aromatic carbocycles. The predicted molar refractivity (Wildman–Crippen MR) is 58.9 cm³/mol. The first-order valence-electron chi connectivity index (χ1n) is 5.40. The van der Waals surface area contributed by atoms with Crippen LogP contribution in [0.15, 0.2) is 12.2 Å². The zero-order valence-corrected chi connectivity index (χ0v) is 9.32. The van der Waals surface area contributed by atoms with E-state index in [0.717, 1.165) is 19.0 Å². The molecule has 1 aliphatic carbocycles. The number of hydrogen-bond donors (Lipinski definition) is 1. The van der Waals surface area contributed by atoms with Gasteiger partial charge in [-0.25, -0.2) is 0 Å². The van der Waals surface area contributed by atoms with Gasteiger partial charge >= 0.3 is 0 Å². The van der Waals surface area contributed by atoms with Crippen molar-refractivity contribution in [2.75, 3.05) is 6.54 Å². The second-order valence-corrected chi connectivity index (χ2v) is 5.09. The van der Waals surface area contributed by atoms with Crippen molar-refractivity contribution in [3.63, 3.8) is 0 Å². The molecule has 0 radical (unpaired) electrons. The fourth-order valence-corrected chi connectivity index (χ4v) is 2.16. The molecule has 0 bridgehead atoms. The normalized spacial score (nSPS) is 26.2. The second-order valence-electron chi connectivity index (χ2n) is 5.09. The van der Waals surface area contributed by atoms with E-state index in [1.54, 1.807) is 0 Å². The molecule has 0 saturated heterocycles. The summed E-state index contributed by atoms with van der Waals surface area (Å²) in [4.78, 5) is 0. The van der Waals surface area contributed by atoms with Crippen LogP contribution in [-0.2, 0) is 0 Å². The van der Waals surface area contributed by atoms with Crippen LogP contribution < -0.4 is 5.32 Å².